The fourth-order valence-electron chi connectivity index (χ4n) is 1.80. The molecule has 102 valence electrons. The first-order valence-corrected chi connectivity index (χ1v) is 7.92. The van der Waals surface area contributed by atoms with Crippen molar-refractivity contribution < 1.29 is 8.42 Å². The van der Waals surface area contributed by atoms with Crippen molar-refractivity contribution >= 4 is 10.0 Å². The number of hydrogen-bond acceptors (Lipinski definition) is 3. The number of nitrogens with zero attached hydrogens (tertiary/aromatic N) is 2. The lowest BCUT2D eigenvalue weighted by molar-refractivity contribution is 0.578. The van der Waals surface area contributed by atoms with Crippen LogP contribution in [0.4, 0.5) is 0 Å². The maximum absolute atomic E-state index is 11.1. The van der Waals surface area contributed by atoms with Crippen molar-refractivity contribution in [3.63, 3.8) is 0 Å². The van der Waals surface area contributed by atoms with E-state index in [-0.39, 0.29) is 6.54 Å². The molecule has 0 radical (unpaired) electrons. The quantitative estimate of drug-likeness (QED) is 0.863. The highest BCUT2D eigenvalue weighted by Gasteiger charge is 2.06. The van der Waals surface area contributed by atoms with Crippen LogP contribution in [0.1, 0.15) is 11.4 Å². The van der Waals surface area contributed by atoms with E-state index >= 15 is 0 Å². The Balaban J connectivity index is 1.96. The van der Waals surface area contributed by atoms with Gasteiger partial charge in [-0.2, -0.15) is 0 Å². The van der Waals surface area contributed by atoms with Crippen LogP contribution in [0.15, 0.2) is 42.7 Å². The van der Waals surface area contributed by atoms with E-state index < -0.39 is 10.0 Å². The molecule has 0 spiro atoms. The third-order valence-electron chi connectivity index (χ3n) is 2.78. The normalized spacial score (nSPS) is 11.6. The van der Waals surface area contributed by atoms with Crippen LogP contribution in [0.2, 0.25) is 0 Å². The standard InChI is InChI=1S/C13H17N3O2S/c1-19(17,18)15-11-13-14-8-10-16(13)9-7-12-5-3-2-4-6-12/h2-6,8,10,15H,7,9,11H2,1H3. The van der Waals surface area contributed by atoms with Gasteiger partial charge in [-0.25, -0.2) is 18.1 Å². The highest BCUT2D eigenvalue weighted by molar-refractivity contribution is 7.88. The summed E-state index contributed by atoms with van der Waals surface area (Å²) in [5.41, 5.74) is 1.25. The molecule has 0 bridgehead atoms. The molecule has 2 aromatic rings. The third kappa shape index (κ3) is 4.50. The molecule has 0 aliphatic rings. The van der Waals surface area contributed by atoms with E-state index in [0.717, 1.165) is 25.0 Å². The van der Waals surface area contributed by atoms with Crippen molar-refractivity contribution in [1.82, 2.24) is 14.3 Å². The summed E-state index contributed by atoms with van der Waals surface area (Å²) >= 11 is 0. The summed E-state index contributed by atoms with van der Waals surface area (Å²) in [7, 11) is -3.19. The molecular formula is C13H17N3O2S. The lowest BCUT2D eigenvalue weighted by Crippen LogP contribution is -2.23. The Bertz CT molecular complexity index is 620. The predicted octanol–water partition coefficient (Wildman–Crippen LogP) is 1.17. The minimum Gasteiger partial charge on any atom is -0.334 e. The first kappa shape index (κ1) is 13.8. The lowest BCUT2D eigenvalue weighted by atomic mass is 10.1. The van der Waals surface area contributed by atoms with E-state index in [9.17, 15) is 8.42 Å². The Hall–Kier alpha value is -1.66. The Morgan fingerprint density at radius 2 is 2.00 bits per heavy atom. The van der Waals surface area contributed by atoms with Gasteiger partial charge in [0.1, 0.15) is 5.82 Å². The number of rotatable bonds is 6. The average Bonchev–Trinajstić information content (AvgIpc) is 2.82. The van der Waals surface area contributed by atoms with Crippen LogP contribution in [-0.2, 0) is 29.5 Å². The van der Waals surface area contributed by atoms with Crippen LogP contribution in [-0.4, -0.2) is 24.2 Å². The van der Waals surface area contributed by atoms with Crippen LogP contribution in [0.5, 0.6) is 0 Å². The van der Waals surface area contributed by atoms with Gasteiger partial charge in [-0.15, -0.1) is 0 Å². The molecule has 1 aromatic carbocycles. The molecule has 0 saturated carbocycles. The smallest absolute Gasteiger partial charge is 0.209 e. The molecule has 2 rings (SSSR count). The Labute approximate surface area is 113 Å². The molecule has 0 aliphatic heterocycles. The van der Waals surface area contributed by atoms with E-state index in [2.05, 4.69) is 21.8 Å². The third-order valence-corrected chi connectivity index (χ3v) is 3.45. The van der Waals surface area contributed by atoms with E-state index in [4.69, 9.17) is 0 Å². The number of aryl methyl sites for hydroxylation is 2. The largest absolute Gasteiger partial charge is 0.334 e. The molecule has 1 aromatic heterocycles. The first-order valence-electron chi connectivity index (χ1n) is 6.03. The number of hydrogen-bond donors (Lipinski definition) is 1. The average molecular weight is 279 g/mol. The Kier molecular flexibility index (Phi) is 4.34. The minimum absolute atomic E-state index is 0.223. The molecule has 1 heterocycles. The van der Waals surface area contributed by atoms with Crippen molar-refractivity contribution in [2.75, 3.05) is 6.26 Å². The topological polar surface area (TPSA) is 64.0 Å². The Morgan fingerprint density at radius 3 is 2.68 bits per heavy atom. The molecule has 0 aliphatic carbocycles. The van der Waals surface area contributed by atoms with Gasteiger partial charge in [0, 0.05) is 18.9 Å². The summed E-state index contributed by atoms with van der Waals surface area (Å²) in [4.78, 5) is 4.17. The molecule has 0 fully saturated rings. The zero-order chi connectivity index (χ0) is 13.7. The summed E-state index contributed by atoms with van der Waals surface area (Å²) in [6.07, 6.45) is 5.58. The van der Waals surface area contributed by atoms with E-state index in [0.29, 0.717) is 0 Å². The van der Waals surface area contributed by atoms with Crippen molar-refractivity contribution in [2.45, 2.75) is 19.5 Å². The second kappa shape index (κ2) is 5.99. The monoisotopic (exact) mass is 279 g/mol. The van der Waals surface area contributed by atoms with E-state index in [1.165, 1.54) is 5.56 Å². The van der Waals surface area contributed by atoms with Crippen LogP contribution < -0.4 is 4.72 Å². The number of aromatic nitrogens is 2. The SMILES string of the molecule is CS(=O)(=O)NCc1nccn1CCc1ccccc1. The van der Waals surface area contributed by atoms with Gasteiger partial charge in [0.2, 0.25) is 10.0 Å². The van der Waals surface area contributed by atoms with Gasteiger partial charge in [-0.3, -0.25) is 0 Å². The summed E-state index contributed by atoms with van der Waals surface area (Å²) in [6, 6.07) is 10.2. The van der Waals surface area contributed by atoms with Gasteiger partial charge in [0.15, 0.2) is 0 Å². The molecule has 0 unspecified atom stereocenters. The summed E-state index contributed by atoms with van der Waals surface area (Å²) in [5, 5.41) is 0. The van der Waals surface area contributed by atoms with Crippen LogP contribution in [0.3, 0.4) is 0 Å². The first-order chi connectivity index (χ1) is 9.04. The van der Waals surface area contributed by atoms with Gasteiger partial charge in [-0.1, -0.05) is 30.3 Å². The summed E-state index contributed by atoms with van der Waals surface area (Å²) in [6.45, 7) is 1.01. The zero-order valence-electron chi connectivity index (χ0n) is 10.8. The summed E-state index contributed by atoms with van der Waals surface area (Å²) < 4.78 is 26.6. The molecule has 6 heteroatoms. The predicted molar refractivity (Wildman–Crippen MR) is 74.1 cm³/mol. The number of sulfonamides is 1. The zero-order valence-corrected chi connectivity index (χ0v) is 11.6. The van der Waals surface area contributed by atoms with Gasteiger partial charge in [0.05, 0.1) is 12.8 Å². The Morgan fingerprint density at radius 1 is 1.26 bits per heavy atom. The maximum atomic E-state index is 11.1. The molecule has 1 N–H and O–H groups in total. The minimum atomic E-state index is -3.19. The van der Waals surface area contributed by atoms with Crippen LogP contribution >= 0.6 is 0 Å². The number of nitrogens with one attached hydrogen (secondary N) is 1. The van der Waals surface area contributed by atoms with Crippen LogP contribution in [0, 0.1) is 0 Å². The maximum Gasteiger partial charge on any atom is 0.209 e. The molecule has 5 nitrogen and oxygen atoms in total. The molecule has 0 saturated heterocycles. The molecule has 19 heavy (non-hydrogen) atoms. The van der Waals surface area contributed by atoms with E-state index in [1.54, 1.807) is 6.20 Å². The van der Waals surface area contributed by atoms with Gasteiger partial charge in [0.25, 0.3) is 0 Å². The highest BCUT2D eigenvalue weighted by Crippen LogP contribution is 2.04. The lowest BCUT2D eigenvalue weighted by Gasteiger charge is -2.08. The molecule has 0 atom stereocenters. The van der Waals surface area contributed by atoms with Gasteiger partial charge < -0.3 is 4.57 Å². The summed E-state index contributed by atoms with van der Waals surface area (Å²) in [5.74, 6) is 0.723. The van der Waals surface area contributed by atoms with Crippen molar-refractivity contribution in [1.29, 1.82) is 0 Å². The van der Waals surface area contributed by atoms with Crippen molar-refractivity contribution in [2.24, 2.45) is 0 Å². The molecule has 0 amide bonds. The number of benzene rings is 1. The molecular weight excluding hydrogens is 262 g/mol. The van der Waals surface area contributed by atoms with E-state index in [1.807, 2.05) is 29.0 Å². The number of imidazole rings is 1. The second-order valence-corrected chi connectivity index (χ2v) is 6.20. The second-order valence-electron chi connectivity index (χ2n) is 4.37. The van der Waals surface area contributed by atoms with Crippen molar-refractivity contribution in [3.8, 4) is 0 Å². The van der Waals surface area contributed by atoms with Gasteiger partial charge >= 0.3 is 0 Å². The van der Waals surface area contributed by atoms with Crippen LogP contribution in [0.25, 0.3) is 0 Å². The highest BCUT2D eigenvalue weighted by atomic mass is 32.2. The van der Waals surface area contributed by atoms with Gasteiger partial charge in [-0.05, 0) is 12.0 Å². The fraction of sp³-hybridized carbons (Fsp3) is 0.308. The van der Waals surface area contributed by atoms with Crippen molar-refractivity contribution in [3.05, 3.63) is 54.1 Å². The fourth-order valence-corrected chi connectivity index (χ4v) is 2.19.